The fourth-order valence-corrected chi connectivity index (χ4v) is 2.44. The molecule has 4 heteroatoms. The molecule has 0 aromatic heterocycles. The zero-order valence-electron chi connectivity index (χ0n) is 12.9. The van der Waals surface area contributed by atoms with Crippen molar-refractivity contribution in [1.29, 1.82) is 0 Å². The van der Waals surface area contributed by atoms with Crippen molar-refractivity contribution in [2.75, 3.05) is 12.3 Å². The number of ether oxygens (including phenoxy) is 2. The van der Waals surface area contributed by atoms with E-state index in [-0.39, 0.29) is 12.1 Å². The SMILES string of the molecule is CC(C)CCOc1ccc(C(=O)OC2CCCC2)cc1N. The summed E-state index contributed by atoms with van der Waals surface area (Å²) in [6, 6.07) is 5.11. The van der Waals surface area contributed by atoms with Gasteiger partial charge < -0.3 is 15.2 Å². The summed E-state index contributed by atoms with van der Waals surface area (Å²) in [7, 11) is 0. The lowest BCUT2D eigenvalue weighted by Gasteiger charge is -2.13. The van der Waals surface area contributed by atoms with Crippen LogP contribution < -0.4 is 10.5 Å². The molecule has 0 aliphatic heterocycles. The van der Waals surface area contributed by atoms with E-state index in [4.69, 9.17) is 15.2 Å². The molecule has 21 heavy (non-hydrogen) atoms. The van der Waals surface area contributed by atoms with E-state index in [0.29, 0.717) is 29.5 Å². The number of hydrogen-bond donors (Lipinski definition) is 1. The third-order valence-electron chi connectivity index (χ3n) is 3.77. The van der Waals surface area contributed by atoms with Crippen LogP contribution in [0.5, 0.6) is 5.75 Å². The first-order valence-electron chi connectivity index (χ1n) is 7.79. The first kappa shape index (κ1) is 15.7. The molecular formula is C17H25NO3. The van der Waals surface area contributed by atoms with Crippen LogP contribution in [0.1, 0.15) is 56.3 Å². The Morgan fingerprint density at radius 3 is 2.67 bits per heavy atom. The molecular weight excluding hydrogens is 266 g/mol. The maximum absolute atomic E-state index is 12.0. The van der Waals surface area contributed by atoms with Gasteiger partial charge in [0.2, 0.25) is 0 Å². The van der Waals surface area contributed by atoms with Crippen molar-refractivity contribution in [3.8, 4) is 5.75 Å². The second-order valence-corrected chi connectivity index (χ2v) is 6.10. The molecule has 0 unspecified atom stereocenters. The lowest BCUT2D eigenvalue weighted by atomic mass is 10.1. The predicted molar refractivity (Wildman–Crippen MR) is 83.5 cm³/mol. The fourth-order valence-electron chi connectivity index (χ4n) is 2.44. The third kappa shape index (κ3) is 4.66. The van der Waals surface area contributed by atoms with Gasteiger partial charge >= 0.3 is 5.97 Å². The maximum Gasteiger partial charge on any atom is 0.338 e. The molecule has 1 fully saturated rings. The van der Waals surface area contributed by atoms with E-state index in [1.165, 1.54) is 0 Å². The minimum absolute atomic E-state index is 0.0701. The number of esters is 1. The van der Waals surface area contributed by atoms with Crippen LogP contribution in [0.3, 0.4) is 0 Å². The van der Waals surface area contributed by atoms with Gasteiger partial charge in [0.15, 0.2) is 0 Å². The molecule has 2 rings (SSSR count). The Morgan fingerprint density at radius 2 is 2.05 bits per heavy atom. The van der Waals surface area contributed by atoms with Gasteiger partial charge in [0.25, 0.3) is 0 Å². The van der Waals surface area contributed by atoms with Gasteiger partial charge in [0, 0.05) is 0 Å². The van der Waals surface area contributed by atoms with E-state index < -0.39 is 0 Å². The first-order valence-corrected chi connectivity index (χ1v) is 7.79. The Balaban J connectivity index is 1.92. The van der Waals surface area contributed by atoms with Gasteiger partial charge in [-0.3, -0.25) is 0 Å². The van der Waals surface area contributed by atoms with Crippen molar-refractivity contribution >= 4 is 11.7 Å². The van der Waals surface area contributed by atoms with Gasteiger partial charge in [-0.2, -0.15) is 0 Å². The molecule has 2 N–H and O–H groups in total. The van der Waals surface area contributed by atoms with Crippen molar-refractivity contribution < 1.29 is 14.3 Å². The van der Waals surface area contributed by atoms with Crippen LogP contribution in [-0.4, -0.2) is 18.7 Å². The number of carbonyl (C=O) groups is 1. The van der Waals surface area contributed by atoms with Crippen molar-refractivity contribution in [3.63, 3.8) is 0 Å². The van der Waals surface area contributed by atoms with Gasteiger partial charge in [-0.05, 0) is 56.2 Å². The Morgan fingerprint density at radius 1 is 1.33 bits per heavy atom. The normalized spacial score (nSPS) is 15.4. The summed E-state index contributed by atoms with van der Waals surface area (Å²) in [5.74, 6) is 0.933. The zero-order chi connectivity index (χ0) is 15.2. The summed E-state index contributed by atoms with van der Waals surface area (Å²) >= 11 is 0. The summed E-state index contributed by atoms with van der Waals surface area (Å²) in [5.41, 5.74) is 6.93. The number of nitrogens with two attached hydrogens (primary N) is 1. The summed E-state index contributed by atoms with van der Waals surface area (Å²) in [4.78, 5) is 12.0. The molecule has 1 aliphatic rings. The molecule has 1 aromatic carbocycles. The van der Waals surface area contributed by atoms with Crippen LogP contribution in [0.25, 0.3) is 0 Å². The Labute approximate surface area is 126 Å². The molecule has 0 amide bonds. The average Bonchev–Trinajstić information content (AvgIpc) is 2.93. The molecule has 0 spiro atoms. The van der Waals surface area contributed by atoms with Crippen molar-refractivity contribution in [2.45, 2.75) is 52.1 Å². The van der Waals surface area contributed by atoms with Gasteiger partial charge in [-0.15, -0.1) is 0 Å². The van der Waals surface area contributed by atoms with Gasteiger partial charge in [-0.25, -0.2) is 4.79 Å². The molecule has 0 heterocycles. The Kier molecular flexibility index (Phi) is 5.48. The standard InChI is InChI=1S/C17H25NO3/c1-12(2)9-10-20-16-8-7-13(11-15(16)18)17(19)21-14-5-3-4-6-14/h7-8,11-12,14H,3-6,9-10,18H2,1-2H3. The first-order chi connectivity index (χ1) is 10.1. The highest BCUT2D eigenvalue weighted by Crippen LogP contribution is 2.26. The second kappa shape index (κ2) is 7.34. The van der Waals surface area contributed by atoms with Crippen molar-refractivity contribution in [1.82, 2.24) is 0 Å². The summed E-state index contributed by atoms with van der Waals surface area (Å²) in [6.07, 6.45) is 5.27. The monoisotopic (exact) mass is 291 g/mol. The van der Waals surface area contributed by atoms with Crippen LogP contribution >= 0.6 is 0 Å². The highest BCUT2D eigenvalue weighted by Gasteiger charge is 2.20. The summed E-state index contributed by atoms with van der Waals surface area (Å²) < 4.78 is 11.1. The van der Waals surface area contributed by atoms with Gasteiger partial charge in [0.1, 0.15) is 11.9 Å². The van der Waals surface area contributed by atoms with Crippen LogP contribution in [-0.2, 0) is 4.74 Å². The van der Waals surface area contributed by atoms with E-state index in [1.807, 2.05) is 0 Å². The predicted octanol–water partition coefficient (Wildman–Crippen LogP) is 3.79. The van der Waals surface area contributed by atoms with Crippen LogP contribution in [0.4, 0.5) is 5.69 Å². The number of anilines is 1. The topological polar surface area (TPSA) is 61.5 Å². The lowest BCUT2D eigenvalue weighted by molar-refractivity contribution is 0.0318. The Hall–Kier alpha value is -1.71. The third-order valence-corrected chi connectivity index (χ3v) is 3.77. The quantitative estimate of drug-likeness (QED) is 0.640. The molecule has 0 atom stereocenters. The fraction of sp³-hybridized carbons (Fsp3) is 0.588. The minimum atomic E-state index is -0.290. The number of nitrogen functional groups attached to an aromatic ring is 1. The lowest BCUT2D eigenvalue weighted by Crippen LogP contribution is -2.15. The maximum atomic E-state index is 12.0. The van der Waals surface area contributed by atoms with Crippen LogP contribution in [0.15, 0.2) is 18.2 Å². The van der Waals surface area contributed by atoms with Crippen LogP contribution in [0.2, 0.25) is 0 Å². The zero-order valence-corrected chi connectivity index (χ0v) is 12.9. The average molecular weight is 291 g/mol. The summed E-state index contributed by atoms with van der Waals surface area (Å²) in [5, 5.41) is 0. The van der Waals surface area contributed by atoms with E-state index in [2.05, 4.69) is 13.8 Å². The summed E-state index contributed by atoms with van der Waals surface area (Å²) in [6.45, 7) is 4.93. The number of hydrogen-bond acceptors (Lipinski definition) is 4. The van der Waals surface area contributed by atoms with E-state index in [1.54, 1.807) is 18.2 Å². The minimum Gasteiger partial charge on any atom is -0.491 e. The van der Waals surface area contributed by atoms with Gasteiger partial charge in [-0.1, -0.05) is 13.8 Å². The highest BCUT2D eigenvalue weighted by molar-refractivity contribution is 5.91. The molecule has 116 valence electrons. The van der Waals surface area contributed by atoms with Crippen LogP contribution in [0, 0.1) is 5.92 Å². The molecule has 0 radical (unpaired) electrons. The molecule has 1 saturated carbocycles. The number of benzene rings is 1. The largest absolute Gasteiger partial charge is 0.491 e. The highest BCUT2D eigenvalue weighted by atomic mass is 16.5. The molecule has 1 aliphatic carbocycles. The number of carbonyl (C=O) groups excluding carboxylic acids is 1. The smallest absolute Gasteiger partial charge is 0.338 e. The second-order valence-electron chi connectivity index (χ2n) is 6.10. The molecule has 0 saturated heterocycles. The molecule has 0 bridgehead atoms. The van der Waals surface area contributed by atoms with Crippen molar-refractivity contribution in [2.24, 2.45) is 5.92 Å². The Bertz CT molecular complexity index is 479. The number of rotatable bonds is 6. The van der Waals surface area contributed by atoms with E-state index in [0.717, 1.165) is 32.1 Å². The van der Waals surface area contributed by atoms with E-state index >= 15 is 0 Å². The molecule has 1 aromatic rings. The van der Waals surface area contributed by atoms with E-state index in [9.17, 15) is 4.79 Å². The van der Waals surface area contributed by atoms with Gasteiger partial charge in [0.05, 0.1) is 17.9 Å². The molecule has 4 nitrogen and oxygen atoms in total. The van der Waals surface area contributed by atoms with Crippen molar-refractivity contribution in [3.05, 3.63) is 23.8 Å².